The van der Waals surface area contributed by atoms with Crippen molar-refractivity contribution in [3.8, 4) is 0 Å². The van der Waals surface area contributed by atoms with E-state index in [9.17, 15) is 9.59 Å². The van der Waals surface area contributed by atoms with E-state index in [0.717, 1.165) is 23.3 Å². The molecule has 1 rings (SSSR count). The van der Waals surface area contributed by atoms with Crippen LogP contribution >= 0.6 is 11.3 Å². The zero-order valence-electron chi connectivity index (χ0n) is 12.0. The van der Waals surface area contributed by atoms with Gasteiger partial charge in [0.1, 0.15) is 5.00 Å². The Balaban J connectivity index is 3.09. The summed E-state index contributed by atoms with van der Waals surface area (Å²) in [4.78, 5) is 24.8. The van der Waals surface area contributed by atoms with E-state index in [-0.39, 0.29) is 11.9 Å². The van der Waals surface area contributed by atoms with Crippen LogP contribution in [-0.2, 0) is 16.0 Å². The average molecular weight is 283 g/mol. The van der Waals surface area contributed by atoms with Crippen LogP contribution in [0.5, 0.6) is 0 Å². The van der Waals surface area contributed by atoms with Crippen LogP contribution in [0.4, 0.5) is 5.00 Å². The fourth-order valence-electron chi connectivity index (χ4n) is 1.93. The second-order valence-electron chi connectivity index (χ2n) is 4.21. The van der Waals surface area contributed by atoms with Crippen molar-refractivity contribution in [2.45, 2.75) is 47.0 Å². The summed E-state index contributed by atoms with van der Waals surface area (Å²) in [5, 5.41) is 3.44. The summed E-state index contributed by atoms with van der Waals surface area (Å²) in [6, 6.07) is 0. The maximum atomic E-state index is 12.0. The van der Waals surface area contributed by atoms with Crippen molar-refractivity contribution >= 4 is 28.2 Å². The van der Waals surface area contributed by atoms with Crippen LogP contribution in [0.1, 0.15) is 54.4 Å². The van der Waals surface area contributed by atoms with Gasteiger partial charge in [-0.1, -0.05) is 13.8 Å². The lowest BCUT2D eigenvalue weighted by Crippen LogP contribution is -2.14. The van der Waals surface area contributed by atoms with Gasteiger partial charge in [-0.15, -0.1) is 11.3 Å². The zero-order chi connectivity index (χ0) is 14.4. The molecule has 0 aliphatic heterocycles. The highest BCUT2D eigenvalue weighted by Crippen LogP contribution is 2.34. The topological polar surface area (TPSA) is 55.4 Å². The van der Waals surface area contributed by atoms with Gasteiger partial charge in [0.2, 0.25) is 5.91 Å². The first-order valence-electron chi connectivity index (χ1n) is 6.64. The highest BCUT2D eigenvalue weighted by molar-refractivity contribution is 7.16. The molecule has 0 fully saturated rings. The Hall–Kier alpha value is -1.36. The fourth-order valence-corrected chi connectivity index (χ4v) is 3.08. The van der Waals surface area contributed by atoms with Crippen molar-refractivity contribution in [2.24, 2.45) is 0 Å². The maximum Gasteiger partial charge on any atom is 0.341 e. The van der Waals surface area contributed by atoms with E-state index in [0.29, 0.717) is 23.6 Å². The molecular formula is C14H21NO3S. The molecule has 0 aliphatic carbocycles. The molecule has 0 saturated carbocycles. The monoisotopic (exact) mass is 283 g/mol. The molecule has 0 radical (unpaired) electrons. The molecule has 0 unspecified atom stereocenters. The summed E-state index contributed by atoms with van der Waals surface area (Å²) in [6.45, 7) is 8.01. The molecule has 0 spiro atoms. The number of carbonyl (C=O) groups excluding carboxylic acids is 2. The standard InChI is InChI=1S/C14H21NO3S/c1-5-8-11(16)15-13-12(14(17)18-7-3)10(6-2)9(4)19-13/h5-8H2,1-4H3,(H,15,16). The zero-order valence-corrected chi connectivity index (χ0v) is 12.8. The Kier molecular flexibility index (Phi) is 6.02. The van der Waals surface area contributed by atoms with Crippen LogP contribution in [0.15, 0.2) is 0 Å². The van der Waals surface area contributed by atoms with Gasteiger partial charge in [-0.25, -0.2) is 4.79 Å². The van der Waals surface area contributed by atoms with Crippen molar-refractivity contribution < 1.29 is 14.3 Å². The molecule has 0 aromatic carbocycles. The van der Waals surface area contributed by atoms with Crippen LogP contribution in [0, 0.1) is 6.92 Å². The van der Waals surface area contributed by atoms with Gasteiger partial charge in [-0.05, 0) is 32.3 Å². The Morgan fingerprint density at radius 2 is 1.95 bits per heavy atom. The van der Waals surface area contributed by atoms with Crippen LogP contribution < -0.4 is 5.32 Å². The summed E-state index contributed by atoms with van der Waals surface area (Å²) in [5.41, 5.74) is 1.49. The van der Waals surface area contributed by atoms with Gasteiger partial charge in [0.25, 0.3) is 0 Å². The molecule has 106 valence electrons. The molecule has 19 heavy (non-hydrogen) atoms. The van der Waals surface area contributed by atoms with Gasteiger partial charge in [-0.2, -0.15) is 0 Å². The molecule has 0 bridgehead atoms. The SMILES string of the molecule is CCCC(=O)Nc1sc(C)c(CC)c1C(=O)OCC. The summed E-state index contributed by atoms with van der Waals surface area (Å²) in [5.74, 6) is -0.410. The van der Waals surface area contributed by atoms with Crippen molar-refractivity contribution in [1.29, 1.82) is 0 Å². The first-order valence-corrected chi connectivity index (χ1v) is 7.45. The molecule has 0 aliphatic rings. The lowest BCUT2D eigenvalue weighted by Gasteiger charge is -2.07. The molecule has 1 N–H and O–H groups in total. The predicted molar refractivity (Wildman–Crippen MR) is 77.9 cm³/mol. The molecule has 1 aromatic rings. The van der Waals surface area contributed by atoms with Crippen molar-refractivity contribution in [1.82, 2.24) is 0 Å². The fraction of sp³-hybridized carbons (Fsp3) is 0.571. The van der Waals surface area contributed by atoms with E-state index in [4.69, 9.17) is 4.74 Å². The van der Waals surface area contributed by atoms with E-state index in [1.54, 1.807) is 6.92 Å². The second-order valence-corrected chi connectivity index (χ2v) is 5.44. The first kappa shape index (κ1) is 15.7. The molecule has 0 atom stereocenters. The number of esters is 1. The lowest BCUT2D eigenvalue weighted by molar-refractivity contribution is -0.116. The summed E-state index contributed by atoms with van der Waals surface area (Å²) in [7, 11) is 0. The highest BCUT2D eigenvalue weighted by atomic mass is 32.1. The van der Waals surface area contributed by atoms with Gasteiger partial charge < -0.3 is 10.1 Å². The molecule has 1 heterocycles. The molecular weight excluding hydrogens is 262 g/mol. The number of carbonyl (C=O) groups is 2. The van der Waals surface area contributed by atoms with E-state index >= 15 is 0 Å². The Bertz CT molecular complexity index is 466. The van der Waals surface area contributed by atoms with Gasteiger partial charge in [0.15, 0.2) is 0 Å². The lowest BCUT2D eigenvalue weighted by atomic mass is 10.1. The van der Waals surface area contributed by atoms with E-state index < -0.39 is 0 Å². The van der Waals surface area contributed by atoms with E-state index in [1.165, 1.54) is 11.3 Å². The number of hydrogen-bond acceptors (Lipinski definition) is 4. The van der Waals surface area contributed by atoms with Crippen LogP contribution in [0.25, 0.3) is 0 Å². The third-order valence-electron chi connectivity index (χ3n) is 2.77. The third kappa shape index (κ3) is 3.80. The van der Waals surface area contributed by atoms with Crippen LogP contribution in [0.2, 0.25) is 0 Å². The average Bonchev–Trinajstić information content (AvgIpc) is 2.65. The smallest absolute Gasteiger partial charge is 0.341 e. The minimum atomic E-state index is -0.351. The van der Waals surface area contributed by atoms with E-state index in [2.05, 4.69) is 5.32 Å². The van der Waals surface area contributed by atoms with Crippen molar-refractivity contribution in [3.63, 3.8) is 0 Å². The second kappa shape index (κ2) is 7.28. The molecule has 1 aromatic heterocycles. The summed E-state index contributed by atoms with van der Waals surface area (Å²) >= 11 is 1.44. The van der Waals surface area contributed by atoms with Gasteiger partial charge in [-0.3, -0.25) is 4.79 Å². The molecule has 4 nitrogen and oxygen atoms in total. The number of hydrogen-bond donors (Lipinski definition) is 1. The van der Waals surface area contributed by atoms with Gasteiger partial charge in [0, 0.05) is 11.3 Å². The van der Waals surface area contributed by atoms with Crippen LogP contribution in [0.3, 0.4) is 0 Å². The number of ether oxygens (including phenoxy) is 1. The maximum absolute atomic E-state index is 12.0. The number of aryl methyl sites for hydroxylation is 1. The quantitative estimate of drug-likeness (QED) is 0.812. The van der Waals surface area contributed by atoms with E-state index in [1.807, 2.05) is 20.8 Å². The minimum Gasteiger partial charge on any atom is -0.462 e. The van der Waals surface area contributed by atoms with Crippen molar-refractivity contribution in [2.75, 3.05) is 11.9 Å². The number of thiophene rings is 1. The molecule has 1 amide bonds. The Labute approximate surface area is 118 Å². The number of rotatable bonds is 6. The minimum absolute atomic E-state index is 0.0584. The summed E-state index contributed by atoms with van der Waals surface area (Å²) < 4.78 is 5.08. The summed E-state index contributed by atoms with van der Waals surface area (Å²) in [6.07, 6.45) is 1.99. The number of amides is 1. The first-order chi connectivity index (χ1) is 9.04. The molecule has 0 saturated heterocycles. The Morgan fingerprint density at radius 1 is 1.26 bits per heavy atom. The normalized spacial score (nSPS) is 10.3. The van der Waals surface area contributed by atoms with Crippen LogP contribution in [-0.4, -0.2) is 18.5 Å². The van der Waals surface area contributed by atoms with Gasteiger partial charge >= 0.3 is 5.97 Å². The predicted octanol–water partition coefficient (Wildman–Crippen LogP) is 3.53. The Morgan fingerprint density at radius 3 is 2.47 bits per heavy atom. The van der Waals surface area contributed by atoms with Crippen molar-refractivity contribution in [3.05, 3.63) is 16.0 Å². The number of anilines is 1. The highest BCUT2D eigenvalue weighted by Gasteiger charge is 2.23. The largest absolute Gasteiger partial charge is 0.462 e. The molecule has 5 heteroatoms. The van der Waals surface area contributed by atoms with Gasteiger partial charge in [0.05, 0.1) is 12.2 Å². The number of nitrogens with one attached hydrogen (secondary N) is 1. The third-order valence-corrected chi connectivity index (χ3v) is 3.83.